The van der Waals surface area contributed by atoms with Crippen molar-refractivity contribution in [3.8, 4) is 10.6 Å². The third-order valence-electron chi connectivity index (χ3n) is 9.02. The minimum absolute atomic E-state index is 1.03. The molecule has 0 N–H and O–H groups in total. The molecule has 9 rings (SSSR count). The Hall–Kier alpha value is -6.23. The van der Waals surface area contributed by atoms with Crippen LogP contribution < -0.4 is 9.80 Å². The molecule has 1 heterocycles. The van der Waals surface area contributed by atoms with E-state index in [9.17, 15) is 0 Å². The summed E-state index contributed by atoms with van der Waals surface area (Å²) in [5.74, 6) is 0. The lowest BCUT2D eigenvalue weighted by Gasteiger charge is -2.27. The highest BCUT2D eigenvalue weighted by Gasteiger charge is 2.20. The number of hydrogen-bond donors (Lipinski definition) is 0. The summed E-state index contributed by atoms with van der Waals surface area (Å²) in [6.45, 7) is 0. The number of para-hydroxylation sites is 4. The summed E-state index contributed by atoms with van der Waals surface area (Å²) >= 11 is 1.77. The summed E-state index contributed by atoms with van der Waals surface area (Å²) in [7, 11) is 0. The first-order valence-electron chi connectivity index (χ1n) is 16.5. The van der Waals surface area contributed by atoms with Crippen LogP contribution in [-0.2, 0) is 0 Å². The Kier molecular flexibility index (Phi) is 7.34. The molecule has 0 bridgehead atoms. The molecule has 0 aliphatic rings. The number of aromatic nitrogens is 1. The molecular weight excluding hydrogens is 615 g/mol. The zero-order valence-corrected chi connectivity index (χ0v) is 27.5. The highest BCUT2D eigenvalue weighted by molar-refractivity contribution is 7.22. The molecule has 0 aliphatic heterocycles. The highest BCUT2D eigenvalue weighted by atomic mass is 32.1. The number of thiazole rings is 1. The molecule has 8 aromatic carbocycles. The standard InChI is InChI=1S/C45H31N3S/c1-6-16-32(17-7-1)45-46-43-39-28-26-37(47(33-18-8-2-9-19-33)34-20-10-3-11-21-34)30-41(39)42-31-38(27-29-40(42)44(43)49-45)48(35-22-12-4-13-23-35)36-24-14-5-15-25-36/h1-31H. The third kappa shape index (κ3) is 5.29. The van der Waals surface area contributed by atoms with Gasteiger partial charge in [-0.15, -0.1) is 11.3 Å². The second kappa shape index (κ2) is 12.4. The molecule has 0 fully saturated rings. The fraction of sp³-hybridized carbons (Fsp3) is 0. The second-order valence-electron chi connectivity index (χ2n) is 12.0. The first-order chi connectivity index (χ1) is 24.3. The fourth-order valence-corrected chi connectivity index (χ4v) is 7.91. The molecule has 0 spiro atoms. The van der Waals surface area contributed by atoms with E-state index in [1.807, 2.05) is 0 Å². The van der Waals surface area contributed by atoms with Crippen LogP contribution in [0.25, 0.3) is 42.3 Å². The minimum Gasteiger partial charge on any atom is -0.310 e. The third-order valence-corrected chi connectivity index (χ3v) is 10.2. The normalized spacial score (nSPS) is 11.3. The average molecular weight is 646 g/mol. The molecule has 4 heteroatoms. The summed E-state index contributed by atoms with van der Waals surface area (Å²) in [5, 5.41) is 5.75. The Bertz CT molecular complexity index is 2290. The van der Waals surface area contributed by atoms with E-state index in [0.717, 1.165) is 55.6 Å². The van der Waals surface area contributed by atoms with Gasteiger partial charge < -0.3 is 9.80 Å². The van der Waals surface area contributed by atoms with Crippen molar-refractivity contribution in [2.24, 2.45) is 0 Å². The monoisotopic (exact) mass is 645 g/mol. The Morgan fingerprint density at radius 3 is 1.18 bits per heavy atom. The van der Waals surface area contributed by atoms with Crippen LogP contribution in [-0.4, -0.2) is 4.98 Å². The zero-order valence-electron chi connectivity index (χ0n) is 26.6. The van der Waals surface area contributed by atoms with Gasteiger partial charge in [-0.3, -0.25) is 0 Å². The lowest BCUT2D eigenvalue weighted by Crippen LogP contribution is -2.10. The Morgan fingerprint density at radius 1 is 0.347 bits per heavy atom. The van der Waals surface area contributed by atoms with Gasteiger partial charge in [-0.1, -0.05) is 115 Å². The van der Waals surface area contributed by atoms with Gasteiger partial charge in [-0.05, 0) is 83.6 Å². The van der Waals surface area contributed by atoms with Crippen LogP contribution >= 0.6 is 11.3 Å². The van der Waals surface area contributed by atoms with Crippen molar-refractivity contribution < 1.29 is 0 Å². The van der Waals surface area contributed by atoms with Crippen LogP contribution in [0.2, 0.25) is 0 Å². The smallest absolute Gasteiger partial charge is 0.124 e. The van der Waals surface area contributed by atoms with Crippen molar-refractivity contribution in [1.82, 2.24) is 4.98 Å². The fourth-order valence-electron chi connectivity index (χ4n) is 6.78. The Balaban J connectivity index is 1.34. The van der Waals surface area contributed by atoms with E-state index in [2.05, 4.69) is 198 Å². The van der Waals surface area contributed by atoms with Gasteiger partial charge in [0.2, 0.25) is 0 Å². The SMILES string of the molecule is c1ccc(-c2nc3c4ccc(N(c5ccccc5)c5ccccc5)cc4c4cc(N(c5ccccc5)c5ccccc5)ccc4c3s2)cc1. The number of hydrogen-bond acceptors (Lipinski definition) is 4. The summed E-state index contributed by atoms with van der Waals surface area (Å²) in [5.41, 5.74) is 8.82. The summed E-state index contributed by atoms with van der Waals surface area (Å²) < 4.78 is 1.20. The maximum Gasteiger partial charge on any atom is 0.124 e. The number of rotatable bonds is 7. The van der Waals surface area contributed by atoms with Gasteiger partial charge in [0.15, 0.2) is 0 Å². The van der Waals surface area contributed by atoms with Crippen molar-refractivity contribution in [2.75, 3.05) is 9.80 Å². The number of anilines is 6. The van der Waals surface area contributed by atoms with Crippen LogP contribution in [0.5, 0.6) is 0 Å². The van der Waals surface area contributed by atoms with E-state index in [4.69, 9.17) is 4.98 Å². The summed E-state index contributed by atoms with van der Waals surface area (Å²) in [6, 6.07) is 66.7. The highest BCUT2D eigenvalue weighted by Crippen LogP contribution is 2.45. The second-order valence-corrected chi connectivity index (χ2v) is 13.0. The van der Waals surface area contributed by atoms with E-state index in [1.165, 1.54) is 20.9 Å². The predicted octanol–water partition coefficient (Wildman–Crippen LogP) is 13.2. The lowest BCUT2D eigenvalue weighted by atomic mass is 9.98. The molecule has 0 amide bonds. The van der Waals surface area contributed by atoms with Crippen molar-refractivity contribution in [3.05, 3.63) is 188 Å². The maximum atomic E-state index is 5.30. The molecule has 0 atom stereocenters. The van der Waals surface area contributed by atoms with Crippen LogP contribution in [0.1, 0.15) is 0 Å². The van der Waals surface area contributed by atoms with Crippen molar-refractivity contribution in [2.45, 2.75) is 0 Å². The van der Waals surface area contributed by atoms with Gasteiger partial charge in [-0.25, -0.2) is 4.98 Å². The van der Waals surface area contributed by atoms with Gasteiger partial charge in [0.1, 0.15) is 5.01 Å². The van der Waals surface area contributed by atoms with Gasteiger partial charge >= 0.3 is 0 Å². The van der Waals surface area contributed by atoms with Crippen molar-refractivity contribution in [1.29, 1.82) is 0 Å². The lowest BCUT2D eigenvalue weighted by molar-refractivity contribution is 1.29. The van der Waals surface area contributed by atoms with Crippen molar-refractivity contribution >= 4 is 77.2 Å². The van der Waals surface area contributed by atoms with E-state index in [-0.39, 0.29) is 0 Å². The topological polar surface area (TPSA) is 19.4 Å². The van der Waals surface area contributed by atoms with E-state index >= 15 is 0 Å². The summed E-state index contributed by atoms with van der Waals surface area (Å²) in [4.78, 5) is 9.96. The van der Waals surface area contributed by atoms with Gasteiger partial charge in [0.05, 0.1) is 10.2 Å². The first-order valence-corrected chi connectivity index (χ1v) is 17.3. The van der Waals surface area contributed by atoms with Gasteiger partial charge in [0.25, 0.3) is 0 Å². The predicted molar refractivity (Wildman–Crippen MR) is 209 cm³/mol. The van der Waals surface area contributed by atoms with E-state index in [1.54, 1.807) is 11.3 Å². The molecule has 0 aliphatic carbocycles. The molecule has 49 heavy (non-hydrogen) atoms. The molecule has 3 nitrogen and oxygen atoms in total. The largest absolute Gasteiger partial charge is 0.310 e. The molecule has 0 saturated carbocycles. The zero-order chi connectivity index (χ0) is 32.6. The van der Waals surface area contributed by atoms with Crippen LogP contribution in [0.15, 0.2) is 188 Å². The molecule has 0 saturated heterocycles. The van der Waals surface area contributed by atoms with Gasteiger partial charge in [-0.2, -0.15) is 0 Å². The van der Waals surface area contributed by atoms with E-state index in [0.29, 0.717) is 0 Å². The molecular formula is C45H31N3S. The quantitative estimate of drug-likeness (QED) is 0.161. The molecule has 9 aromatic rings. The van der Waals surface area contributed by atoms with E-state index < -0.39 is 0 Å². The Morgan fingerprint density at radius 2 is 0.735 bits per heavy atom. The summed E-state index contributed by atoms with van der Waals surface area (Å²) in [6.07, 6.45) is 0. The van der Waals surface area contributed by atoms with Gasteiger partial charge in [0, 0.05) is 50.5 Å². The van der Waals surface area contributed by atoms with Crippen molar-refractivity contribution in [3.63, 3.8) is 0 Å². The molecule has 232 valence electrons. The van der Waals surface area contributed by atoms with Crippen LogP contribution in [0, 0.1) is 0 Å². The Labute approximate surface area is 289 Å². The minimum atomic E-state index is 1.03. The average Bonchev–Trinajstić information content (AvgIpc) is 3.63. The number of nitrogens with zero attached hydrogens (tertiary/aromatic N) is 3. The molecule has 0 radical (unpaired) electrons. The van der Waals surface area contributed by atoms with Crippen LogP contribution in [0.3, 0.4) is 0 Å². The molecule has 0 unspecified atom stereocenters. The number of benzene rings is 8. The first kappa shape index (κ1) is 29.0. The maximum absolute atomic E-state index is 5.30. The number of fused-ring (bicyclic) bond motifs is 6. The molecule has 1 aromatic heterocycles. The van der Waals surface area contributed by atoms with Crippen LogP contribution in [0.4, 0.5) is 34.1 Å².